The first-order valence-corrected chi connectivity index (χ1v) is 9.44. The van der Waals surface area contributed by atoms with Gasteiger partial charge in [0.25, 0.3) is 0 Å². The highest BCUT2D eigenvalue weighted by Crippen LogP contribution is 2.32. The van der Waals surface area contributed by atoms with Crippen molar-refractivity contribution in [3.63, 3.8) is 0 Å². The predicted octanol–water partition coefficient (Wildman–Crippen LogP) is 4.34. The molecule has 0 spiro atoms. The van der Waals surface area contributed by atoms with Gasteiger partial charge < -0.3 is 10.0 Å². The quantitative estimate of drug-likeness (QED) is 0.723. The van der Waals surface area contributed by atoms with Gasteiger partial charge in [0.2, 0.25) is 0 Å². The van der Waals surface area contributed by atoms with E-state index in [9.17, 15) is 13.9 Å². The van der Waals surface area contributed by atoms with Crippen molar-refractivity contribution >= 4 is 28.4 Å². The molecule has 0 aliphatic carbocycles. The Kier molecular flexibility index (Phi) is 4.26. The van der Waals surface area contributed by atoms with Gasteiger partial charge in [-0.15, -0.1) is 0 Å². The molecule has 26 heavy (non-hydrogen) atoms. The number of aromatic nitrogens is 2. The second kappa shape index (κ2) is 6.46. The van der Waals surface area contributed by atoms with Crippen molar-refractivity contribution in [1.29, 1.82) is 0 Å². The number of phenolic OH excluding ortho intramolecular Hbond substituents is 1. The van der Waals surface area contributed by atoms with Crippen LogP contribution < -0.4 is 4.90 Å². The molecule has 0 amide bonds. The highest BCUT2D eigenvalue weighted by molar-refractivity contribution is 8.00. The highest BCUT2D eigenvalue weighted by Gasteiger charge is 2.23. The summed E-state index contributed by atoms with van der Waals surface area (Å²) in [5.41, 5.74) is 1.83. The van der Waals surface area contributed by atoms with Gasteiger partial charge in [0, 0.05) is 34.7 Å². The molecule has 1 fully saturated rings. The van der Waals surface area contributed by atoms with Crippen LogP contribution in [0.5, 0.6) is 5.75 Å². The number of thioether (sulfide) groups is 1. The van der Waals surface area contributed by atoms with E-state index < -0.39 is 17.4 Å². The van der Waals surface area contributed by atoms with Crippen LogP contribution in [0.2, 0.25) is 0 Å². The molecule has 1 aliphatic rings. The van der Waals surface area contributed by atoms with E-state index in [0.29, 0.717) is 21.6 Å². The normalized spacial score (nSPS) is 20.7. The lowest BCUT2D eigenvalue weighted by atomic mass is 10.2. The van der Waals surface area contributed by atoms with E-state index in [0.717, 1.165) is 24.8 Å². The molecule has 4 rings (SSSR count). The zero-order valence-corrected chi connectivity index (χ0v) is 15.3. The van der Waals surface area contributed by atoms with Gasteiger partial charge in [0.1, 0.15) is 5.52 Å². The average molecular weight is 375 g/mol. The van der Waals surface area contributed by atoms with E-state index >= 15 is 0 Å². The Balaban J connectivity index is 1.70. The summed E-state index contributed by atoms with van der Waals surface area (Å²) in [6.45, 7) is 6.43. The highest BCUT2D eigenvalue weighted by atomic mass is 32.2. The Morgan fingerprint density at radius 2 is 1.69 bits per heavy atom. The summed E-state index contributed by atoms with van der Waals surface area (Å²) in [6, 6.07) is 8.77. The van der Waals surface area contributed by atoms with Gasteiger partial charge in [-0.05, 0) is 30.3 Å². The summed E-state index contributed by atoms with van der Waals surface area (Å²) in [5.74, 6) is -2.97. The number of anilines is 1. The van der Waals surface area contributed by atoms with Crippen molar-refractivity contribution in [3.8, 4) is 11.4 Å². The Hall–Kier alpha value is -2.28. The summed E-state index contributed by atoms with van der Waals surface area (Å²) < 4.78 is 29.2. The molecule has 1 saturated heterocycles. The first kappa shape index (κ1) is 17.1. The minimum absolute atomic E-state index is 0.0632. The van der Waals surface area contributed by atoms with Gasteiger partial charge >= 0.3 is 0 Å². The molecule has 2 heterocycles. The number of halogens is 2. The maximum Gasteiger partial charge on any atom is 0.194 e. The Labute approximate surface area is 154 Å². The van der Waals surface area contributed by atoms with Crippen molar-refractivity contribution in [2.75, 3.05) is 18.0 Å². The summed E-state index contributed by atoms with van der Waals surface area (Å²) in [5, 5.41) is 15.2. The van der Waals surface area contributed by atoms with Crippen molar-refractivity contribution in [1.82, 2.24) is 9.78 Å². The zero-order valence-electron chi connectivity index (χ0n) is 14.5. The van der Waals surface area contributed by atoms with Crippen LogP contribution in [0.3, 0.4) is 0 Å². The van der Waals surface area contributed by atoms with Crippen LogP contribution in [0, 0.1) is 11.6 Å². The zero-order chi connectivity index (χ0) is 18.4. The van der Waals surface area contributed by atoms with E-state index in [1.54, 1.807) is 0 Å². The molecule has 2 atom stereocenters. The van der Waals surface area contributed by atoms with E-state index in [2.05, 4.69) is 23.8 Å². The maximum atomic E-state index is 14.3. The van der Waals surface area contributed by atoms with E-state index in [1.165, 1.54) is 10.9 Å². The van der Waals surface area contributed by atoms with Gasteiger partial charge in [-0.3, -0.25) is 0 Å². The van der Waals surface area contributed by atoms with Crippen molar-refractivity contribution in [2.24, 2.45) is 0 Å². The monoisotopic (exact) mass is 375 g/mol. The summed E-state index contributed by atoms with van der Waals surface area (Å²) in [6.07, 6.45) is 1.39. The molecule has 0 unspecified atom stereocenters. The number of fused-ring (bicyclic) bond motifs is 1. The SMILES string of the molecule is C[C@H]1CN(c2ccc(-n3ncc4cc(F)c(O)c(F)c43)cc2)C[C@H](C)S1. The van der Waals surface area contributed by atoms with Crippen molar-refractivity contribution in [3.05, 3.63) is 48.2 Å². The Morgan fingerprint density at radius 1 is 1.08 bits per heavy atom. The standard InChI is InChI=1S/C19H19F2N3OS/c1-11-9-23(10-12(2)26-11)14-3-5-15(6-4-14)24-18-13(8-22-24)7-16(20)19(25)17(18)21/h3-8,11-12,25H,9-10H2,1-2H3/t11-,12-/m0/s1. The molecule has 136 valence electrons. The number of nitrogens with zero attached hydrogens (tertiary/aromatic N) is 3. The number of rotatable bonds is 2. The second-order valence-corrected chi connectivity index (χ2v) is 8.58. The van der Waals surface area contributed by atoms with E-state index in [1.807, 2.05) is 36.0 Å². The van der Waals surface area contributed by atoms with Crippen LogP contribution in [0.25, 0.3) is 16.6 Å². The number of benzene rings is 2. The lowest BCUT2D eigenvalue weighted by Gasteiger charge is -2.36. The molecule has 0 bridgehead atoms. The lowest BCUT2D eigenvalue weighted by molar-refractivity contribution is 0.399. The topological polar surface area (TPSA) is 41.3 Å². The second-order valence-electron chi connectivity index (χ2n) is 6.69. The number of hydrogen-bond acceptors (Lipinski definition) is 4. The molecule has 1 aromatic heterocycles. The minimum Gasteiger partial charge on any atom is -0.503 e. The maximum absolute atomic E-state index is 14.3. The van der Waals surface area contributed by atoms with Crippen LogP contribution in [-0.2, 0) is 0 Å². The fourth-order valence-corrected chi connectivity index (χ4v) is 4.82. The summed E-state index contributed by atoms with van der Waals surface area (Å²) in [7, 11) is 0. The fourth-order valence-electron chi connectivity index (χ4n) is 3.50. The van der Waals surface area contributed by atoms with Crippen molar-refractivity contribution in [2.45, 2.75) is 24.3 Å². The van der Waals surface area contributed by atoms with Gasteiger partial charge in [0.05, 0.1) is 11.9 Å². The van der Waals surface area contributed by atoms with Crippen LogP contribution in [0.1, 0.15) is 13.8 Å². The molecular weight excluding hydrogens is 356 g/mol. The third kappa shape index (κ3) is 2.90. The average Bonchev–Trinajstić information content (AvgIpc) is 3.03. The van der Waals surface area contributed by atoms with E-state index in [4.69, 9.17) is 0 Å². The summed E-state index contributed by atoms with van der Waals surface area (Å²) in [4.78, 5) is 2.35. The van der Waals surface area contributed by atoms with Gasteiger partial charge in [-0.1, -0.05) is 13.8 Å². The number of aromatic hydroxyl groups is 1. The molecule has 3 aromatic rings. The molecule has 7 heteroatoms. The van der Waals surface area contributed by atoms with Crippen molar-refractivity contribution < 1.29 is 13.9 Å². The molecule has 0 radical (unpaired) electrons. The third-order valence-corrected chi connectivity index (χ3v) is 5.83. The molecule has 4 nitrogen and oxygen atoms in total. The Morgan fingerprint density at radius 3 is 2.35 bits per heavy atom. The van der Waals surface area contributed by atoms with E-state index in [-0.39, 0.29) is 5.52 Å². The molecule has 2 aromatic carbocycles. The van der Waals surface area contributed by atoms with Gasteiger partial charge in [-0.2, -0.15) is 16.9 Å². The molecule has 1 aliphatic heterocycles. The molecular formula is C19H19F2N3OS. The fraction of sp³-hybridized carbons (Fsp3) is 0.316. The third-order valence-electron chi connectivity index (χ3n) is 4.60. The van der Waals surface area contributed by atoms with Crippen LogP contribution in [0.4, 0.5) is 14.5 Å². The van der Waals surface area contributed by atoms with Crippen LogP contribution in [0.15, 0.2) is 36.5 Å². The number of hydrogen-bond donors (Lipinski definition) is 1. The first-order chi connectivity index (χ1) is 12.4. The summed E-state index contributed by atoms with van der Waals surface area (Å²) >= 11 is 1.99. The van der Waals surface area contributed by atoms with Gasteiger partial charge in [0.15, 0.2) is 17.4 Å². The minimum atomic E-state index is -1.00. The lowest BCUT2D eigenvalue weighted by Crippen LogP contribution is -2.40. The predicted molar refractivity (Wildman–Crippen MR) is 101 cm³/mol. The first-order valence-electron chi connectivity index (χ1n) is 8.49. The van der Waals surface area contributed by atoms with Crippen LogP contribution in [-0.4, -0.2) is 38.5 Å². The van der Waals surface area contributed by atoms with Crippen LogP contribution >= 0.6 is 11.8 Å². The van der Waals surface area contributed by atoms with Gasteiger partial charge in [-0.25, -0.2) is 13.5 Å². The Bertz CT molecular complexity index is 948. The largest absolute Gasteiger partial charge is 0.503 e. The molecule has 0 saturated carbocycles. The number of phenols is 1. The molecule has 1 N–H and O–H groups in total. The smallest absolute Gasteiger partial charge is 0.194 e.